The number of rotatable bonds is 5. The summed E-state index contributed by atoms with van der Waals surface area (Å²) >= 11 is 6.40. The second-order valence-electron chi connectivity index (χ2n) is 8.78. The molecule has 1 aliphatic carbocycles. The number of ether oxygens (including phenoxy) is 1. The molecule has 1 N–H and O–H groups in total. The molecule has 1 aromatic carbocycles. The predicted octanol–water partition coefficient (Wildman–Crippen LogP) is 2.69. The Morgan fingerprint density at radius 3 is 2.87 bits per heavy atom. The van der Waals surface area contributed by atoms with E-state index >= 15 is 0 Å². The molecular weight excluding hydrogens is 409 g/mol. The minimum Gasteiger partial charge on any atom is -0.482 e. The minimum atomic E-state index is -0.502. The van der Waals surface area contributed by atoms with Gasteiger partial charge in [-0.3, -0.25) is 4.79 Å². The maximum absolute atomic E-state index is 15.0. The van der Waals surface area contributed by atoms with Crippen molar-refractivity contribution in [2.75, 3.05) is 19.6 Å². The number of carbonyl (C=O) groups excluding carboxylic acids is 1. The van der Waals surface area contributed by atoms with Crippen LogP contribution in [0.2, 0.25) is 5.02 Å². The van der Waals surface area contributed by atoms with Crippen molar-refractivity contribution >= 4 is 17.5 Å². The van der Waals surface area contributed by atoms with E-state index < -0.39 is 5.82 Å². The third-order valence-electron chi connectivity index (χ3n) is 6.74. The first kappa shape index (κ1) is 19.8. The van der Waals surface area contributed by atoms with E-state index in [1.165, 1.54) is 6.07 Å². The Kier molecular flexibility index (Phi) is 4.74. The van der Waals surface area contributed by atoms with Crippen molar-refractivity contribution in [3.63, 3.8) is 0 Å². The lowest BCUT2D eigenvalue weighted by Crippen LogP contribution is -2.40. The SMILES string of the molecule is Cc1nnc(COc2c(F)cc(Cl)c3c2[C@@H](CN2CC4(CC4)CC2=O)NCC3)n1C. The first-order valence-electron chi connectivity index (χ1n) is 10.4. The predicted molar refractivity (Wildman–Crippen MR) is 109 cm³/mol. The van der Waals surface area contributed by atoms with Gasteiger partial charge in [-0.25, -0.2) is 4.39 Å². The topological polar surface area (TPSA) is 72.3 Å². The maximum atomic E-state index is 15.0. The summed E-state index contributed by atoms with van der Waals surface area (Å²) in [4.78, 5) is 14.4. The highest BCUT2D eigenvalue weighted by Crippen LogP contribution is 2.53. The summed E-state index contributed by atoms with van der Waals surface area (Å²) in [6, 6.07) is 1.09. The number of halogens is 2. The van der Waals surface area contributed by atoms with Crippen molar-refractivity contribution in [1.82, 2.24) is 25.0 Å². The van der Waals surface area contributed by atoms with E-state index in [4.69, 9.17) is 16.3 Å². The van der Waals surface area contributed by atoms with Crippen LogP contribution in [0.3, 0.4) is 0 Å². The van der Waals surface area contributed by atoms with Crippen LogP contribution < -0.4 is 10.1 Å². The number of carbonyl (C=O) groups is 1. The summed E-state index contributed by atoms with van der Waals surface area (Å²) < 4.78 is 22.7. The molecule has 0 radical (unpaired) electrons. The van der Waals surface area contributed by atoms with E-state index in [0.29, 0.717) is 30.2 Å². The molecule has 7 nitrogen and oxygen atoms in total. The number of aryl methyl sites for hydroxylation is 1. The molecule has 2 aliphatic heterocycles. The first-order chi connectivity index (χ1) is 14.4. The third-order valence-corrected chi connectivity index (χ3v) is 7.07. The Bertz CT molecular complexity index is 1020. The molecule has 1 aromatic heterocycles. The molecule has 2 fully saturated rings. The average molecular weight is 434 g/mol. The van der Waals surface area contributed by atoms with Crippen LogP contribution in [0.5, 0.6) is 5.75 Å². The molecule has 1 saturated carbocycles. The van der Waals surface area contributed by atoms with Gasteiger partial charge in [0.15, 0.2) is 17.4 Å². The average Bonchev–Trinajstić information content (AvgIpc) is 3.29. The molecule has 30 heavy (non-hydrogen) atoms. The molecule has 1 amide bonds. The Labute approximate surface area is 179 Å². The van der Waals surface area contributed by atoms with Crippen LogP contribution in [0.1, 0.15) is 48.1 Å². The number of likely N-dealkylation sites (tertiary alicyclic amines) is 1. The molecular formula is C21H25ClFN5O2. The van der Waals surface area contributed by atoms with Gasteiger partial charge in [-0.2, -0.15) is 0 Å². The molecule has 1 saturated heterocycles. The number of nitrogens with one attached hydrogen (secondary N) is 1. The van der Waals surface area contributed by atoms with Crippen LogP contribution in [-0.4, -0.2) is 45.2 Å². The van der Waals surface area contributed by atoms with Crippen LogP contribution in [-0.2, 0) is 24.9 Å². The van der Waals surface area contributed by atoms with Gasteiger partial charge in [0.05, 0.1) is 6.04 Å². The summed E-state index contributed by atoms with van der Waals surface area (Å²) in [5.41, 5.74) is 1.80. The number of benzene rings is 1. The van der Waals surface area contributed by atoms with Crippen molar-refractivity contribution in [3.05, 3.63) is 39.7 Å². The molecule has 2 aromatic rings. The second-order valence-corrected chi connectivity index (χ2v) is 9.19. The molecule has 5 rings (SSSR count). The van der Waals surface area contributed by atoms with Gasteiger partial charge in [-0.1, -0.05) is 11.6 Å². The lowest BCUT2D eigenvalue weighted by atomic mass is 9.92. The number of nitrogens with zero attached hydrogens (tertiary/aromatic N) is 4. The Hall–Kier alpha value is -2.19. The van der Waals surface area contributed by atoms with Gasteiger partial charge in [0.2, 0.25) is 5.91 Å². The summed E-state index contributed by atoms with van der Waals surface area (Å²) in [7, 11) is 1.85. The van der Waals surface area contributed by atoms with E-state index in [9.17, 15) is 9.18 Å². The molecule has 9 heteroatoms. The van der Waals surface area contributed by atoms with Crippen molar-refractivity contribution in [1.29, 1.82) is 0 Å². The monoisotopic (exact) mass is 433 g/mol. The first-order valence-corrected chi connectivity index (χ1v) is 10.7. The van der Waals surface area contributed by atoms with E-state index in [-0.39, 0.29) is 29.7 Å². The molecule has 3 aliphatic rings. The van der Waals surface area contributed by atoms with Crippen molar-refractivity contribution in [3.8, 4) is 5.75 Å². The lowest BCUT2D eigenvalue weighted by molar-refractivity contribution is -0.128. The van der Waals surface area contributed by atoms with Gasteiger partial charge in [0.25, 0.3) is 0 Å². The molecule has 1 spiro atoms. The second kappa shape index (κ2) is 7.20. The van der Waals surface area contributed by atoms with E-state index in [1.807, 2.05) is 23.4 Å². The smallest absolute Gasteiger partial charge is 0.223 e. The zero-order valence-corrected chi connectivity index (χ0v) is 17.9. The number of amides is 1. The van der Waals surface area contributed by atoms with Crippen molar-refractivity contribution in [2.24, 2.45) is 12.5 Å². The summed E-state index contributed by atoms with van der Waals surface area (Å²) in [6.45, 7) is 3.95. The molecule has 3 heterocycles. The Balaban J connectivity index is 1.44. The molecule has 0 bridgehead atoms. The van der Waals surface area contributed by atoms with Gasteiger partial charge in [-0.05, 0) is 49.8 Å². The lowest BCUT2D eigenvalue weighted by Gasteiger charge is -2.32. The fourth-order valence-corrected chi connectivity index (χ4v) is 4.94. The van der Waals surface area contributed by atoms with Crippen molar-refractivity contribution in [2.45, 2.75) is 45.3 Å². The normalized spacial score (nSPS) is 21.9. The molecule has 0 unspecified atom stereocenters. The quantitative estimate of drug-likeness (QED) is 0.784. The third kappa shape index (κ3) is 3.36. The summed E-state index contributed by atoms with van der Waals surface area (Å²) in [5, 5.41) is 12.0. The van der Waals surface area contributed by atoms with Gasteiger partial charge in [-0.15, -0.1) is 10.2 Å². The largest absolute Gasteiger partial charge is 0.482 e. The molecule has 160 valence electrons. The van der Waals surface area contributed by atoms with E-state index in [1.54, 1.807) is 0 Å². The van der Waals surface area contributed by atoms with E-state index in [2.05, 4.69) is 15.5 Å². The van der Waals surface area contributed by atoms with Gasteiger partial charge in [0.1, 0.15) is 12.4 Å². The molecule has 1 atom stereocenters. The van der Waals surface area contributed by atoms with Crippen LogP contribution in [0.4, 0.5) is 4.39 Å². The standard InChI is InChI=1S/C21H25ClFN5O2/c1-12-25-26-17(27(12)2)10-30-20-15(23)7-14(22)13-3-6-24-16(19(13)20)9-28-11-21(4-5-21)8-18(28)29/h7,16,24H,3-6,8-11H2,1-2H3/t16-/m1/s1. The van der Waals surface area contributed by atoms with Gasteiger partial charge >= 0.3 is 0 Å². The summed E-state index contributed by atoms with van der Waals surface area (Å²) in [6.07, 6.45) is 3.55. The van der Waals surface area contributed by atoms with Crippen LogP contribution in [0.25, 0.3) is 0 Å². The summed E-state index contributed by atoms with van der Waals surface area (Å²) in [5.74, 6) is 1.23. The Morgan fingerprint density at radius 1 is 1.40 bits per heavy atom. The number of fused-ring (bicyclic) bond motifs is 1. The van der Waals surface area contributed by atoms with Gasteiger partial charge < -0.3 is 19.5 Å². The highest BCUT2D eigenvalue weighted by Gasteiger charge is 2.52. The van der Waals surface area contributed by atoms with Gasteiger partial charge in [0, 0.05) is 37.1 Å². The maximum Gasteiger partial charge on any atom is 0.223 e. The van der Waals surface area contributed by atoms with Crippen LogP contribution in [0, 0.1) is 18.2 Å². The van der Waals surface area contributed by atoms with Crippen molar-refractivity contribution < 1.29 is 13.9 Å². The highest BCUT2D eigenvalue weighted by molar-refractivity contribution is 6.31. The number of hydrogen-bond donors (Lipinski definition) is 1. The number of hydrogen-bond acceptors (Lipinski definition) is 5. The fraction of sp³-hybridized carbons (Fsp3) is 0.571. The van der Waals surface area contributed by atoms with Crippen LogP contribution in [0.15, 0.2) is 6.07 Å². The minimum absolute atomic E-state index is 0.0980. The van der Waals surface area contributed by atoms with Crippen LogP contribution >= 0.6 is 11.6 Å². The Morgan fingerprint density at radius 2 is 2.20 bits per heavy atom. The van der Waals surface area contributed by atoms with E-state index in [0.717, 1.165) is 42.9 Å². The zero-order valence-electron chi connectivity index (χ0n) is 17.2. The zero-order chi connectivity index (χ0) is 21.0. The fourth-order valence-electron chi connectivity index (χ4n) is 4.65. The number of aromatic nitrogens is 3. The highest BCUT2D eigenvalue weighted by atomic mass is 35.5.